The number of nitrogens with zero attached hydrogens (tertiary/aromatic N) is 3. The van der Waals surface area contributed by atoms with Crippen LogP contribution in [-0.4, -0.2) is 33.5 Å². The van der Waals surface area contributed by atoms with Crippen LogP contribution in [-0.2, 0) is 13.0 Å². The Morgan fingerprint density at radius 2 is 2.17 bits per heavy atom. The molecular weight excluding hydrogens is 308 g/mol. The van der Waals surface area contributed by atoms with E-state index < -0.39 is 0 Å². The third-order valence-corrected chi connectivity index (χ3v) is 4.63. The smallest absolute Gasteiger partial charge is 0.292 e. The average molecular weight is 330 g/mol. The third-order valence-electron chi connectivity index (χ3n) is 4.63. The molecule has 1 saturated carbocycles. The van der Waals surface area contributed by atoms with Gasteiger partial charge in [-0.1, -0.05) is 12.1 Å². The maximum atomic E-state index is 12.0. The first-order valence-electron chi connectivity index (χ1n) is 8.69. The van der Waals surface area contributed by atoms with Crippen LogP contribution >= 0.6 is 0 Å². The Bertz CT molecular complexity index is 719. The predicted octanol–water partition coefficient (Wildman–Crippen LogP) is 2.45. The van der Waals surface area contributed by atoms with Crippen molar-refractivity contribution in [2.45, 2.75) is 57.7 Å². The van der Waals surface area contributed by atoms with Crippen molar-refractivity contribution >= 4 is 5.91 Å². The van der Waals surface area contributed by atoms with Crippen LogP contribution in [0.5, 0.6) is 0 Å². The summed E-state index contributed by atoms with van der Waals surface area (Å²) in [6.45, 7) is 3.75. The van der Waals surface area contributed by atoms with Crippen molar-refractivity contribution in [1.29, 1.82) is 0 Å². The molecule has 128 valence electrons. The lowest BCUT2D eigenvalue weighted by molar-refractivity contribution is 0.0937. The van der Waals surface area contributed by atoms with Crippen molar-refractivity contribution in [3.05, 3.63) is 35.4 Å². The highest BCUT2D eigenvalue weighted by molar-refractivity contribution is 5.90. The largest absolute Gasteiger partial charge is 0.465 e. The van der Waals surface area contributed by atoms with E-state index in [2.05, 4.69) is 27.3 Å². The van der Waals surface area contributed by atoms with Crippen LogP contribution < -0.4 is 5.32 Å². The van der Waals surface area contributed by atoms with Gasteiger partial charge in [-0.05, 0) is 44.4 Å². The molecule has 2 fully saturated rings. The second-order valence-corrected chi connectivity index (χ2v) is 6.55. The fourth-order valence-corrected chi connectivity index (χ4v) is 3.13. The quantitative estimate of drug-likeness (QED) is 0.876. The number of hydrogen-bond acceptors (Lipinski definition) is 6. The predicted molar refractivity (Wildman–Crippen MR) is 85.3 cm³/mol. The number of carbonyl (C=O) groups excluding carboxylic acids is 1. The molecular formula is C17H22N4O3. The molecule has 7 nitrogen and oxygen atoms in total. The summed E-state index contributed by atoms with van der Waals surface area (Å²) in [6.07, 6.45) is 4.99. The zero-order chi connectivity index (χ0) is 16.5. The van der Waals surface area contributed by atoms with Gasteiger partial charge in [0.25, 0.3) is 11.7 Å². The maximum absolute atomic E-state index is 12.0. The minimum absolute atomic E-state index is 0.0511. The number of amides is 1. The van der Waals surface area contributed by atoms with Crippen molar-refractivity contribution in [2.24, 2.45) is 0 Å². The SMILES string of the molecule is CCc1ccc(CN2CCCC2c2nc(C(=O)NC3CC3)no2)o1. The van der Waals surface area contributed by atoms with E-state index in [4.69, 9.17) is 8.94 Å². The van der Waals surface area contributed by atoms with E-state index in [1.807, 2.05) is 12.1 Å². The summed E-state index contributed by atoms with van der Waals surface area (Å²) in [5.74, 6) is 2.36. The summed E-state index contributed by atoms with van der Waals surface area (Å²) in [5, 5.41) is 6.73. The van der Waals surface area contributed by atoms with E-state index in [1.54, 1.807) is 0 Å². The van der Waals surface area contributed by atoms with Crippen LogP contribution in [0.1, 0.15) is 66.7 Å². The molecule has 0 bridgehead atoms. The Hall–Kier alpha value is -2.15. The zero-order valence-corrected chi connectivity index (χ0v) is 13.8. The summed E-state index contributed by atoms with van der Waals surface area (Å²) in [7, 11) is 0. The molecule has 1 aliphatic carbocycles. The topological polar surface area (TPSA) is 84.4 Å². The first kappa shape index (κ1) is 15.4. The summed E-state index contributed by atoms with van der Waals surface area (Å²) in [5.41, 5.74) is 0. The monoisotopic (exact) mass is 330 g/mol. The zero-order valence-electron chi connectivity index (χ0n) is 13.8. The summed E-state index contributed by atoms with van der Waals surface area (Å²) < 4.78 is 11.2. The van der Waals surface area contributed by atoms with E-state index in [1.165, 1.54) is 0 Å². The number of aromatic nitrogens is 2. The van der Waals surface area contributed by atoms with Gasteiger partial charge in [-0.2, -0.15) is 4.98 Å². The lowest BCUT2D eigenvalue weighted by Crippen LogP contribution is -2.26. The molecule has 1 aliphatic heterocycles. The number of rotatable bonds is 6. The molecule has 1 unspecified atom stereocenters. The van der Waals surface area contributed by atoms with E-state index >= 15 is 0 Å². The molecule has 3 heterocycles. The van der Waals surface area contributed by atoms with Crippen LogP contribution in [0.3, 0.4) is 0 Å². The van der Waals surface area contributed by atoms with Gasteiger partial charge in [-0.3, -0.25) is 9.69 Å². The standard InChI is InChI=1S/C17H22N4O3/c1-2-12-7-8-13(23-12)10-21-9-3-4-14(21)17-19-15(20-24-17)16(22)18-11-5-6-11/h7-8,11,14H,2-6,9-10H2,1H3,(H,18,22). The number of furan rings is 1. The molecule has 1 amide bonds. The average Bonchev–Trinajstić information content (AvgIpc) is 3.01. The molecule has 7 heteroatoms. The van der Waals surface area contributed by atoms with E-state index in [0.717, 1.165) is 56.7 Å². The number of nitrogens with one attached hydrogen (secondary N) is 1. The highest BCUT2D eigenvalue weighted by atomic mass is 16.5. The molecule has 2 aromatic heterocycles. The normalized spacial score (nSPS) is 21.3. The molecule has 4 rings (SSSR count). The molecule has 0 spiro atoms. The lowest BCUT2D eigenvalue weighted by Gasteiger charge is -2.19. The molecule has 2 aliphatic rings. The van der Waals surface area contributed by atoms with Crippen molar-refractivity contribution in [1.82, 2.24) is 20.4 Å². The minimum atomic E-state index is -0.240. The fraction of sp³-hybridized carbons (Fsp3) is 0.588. The van der Waals surface area contributed by atoms with Gasteiger partial charge >= 0.3 is 0 Å². The molecule has 24 heavy (non-hydrogen) atoms. The molecule has 2 aromatic rings. The number of likely N-dealkylation sites (tertiary alicyclic amines) is 1. The highest BCUT2D eigenvalue weighted by Crippen LogP contribution is 2.32. The van der Waals surface area contributed by atoms with Gasteiger partial charge in [0, 0.05) is 12.5 Å². The molecule has 1 saturated heterocycles. The first-order valence-corrected chi connectivity index (χ1v) is 8.69. The van der Waals surface area contributed by atoms with Crippen molar-refractivity contribution < 1.29 is 13.7 Å². The Balaban J connectivity index is 1.44. The van der Waals surface area contributed by atoms with Gasteiger partial charge in [-0.15, -0.1) is 0 Å². The van der Waals surface area contributed by atoms with Gasteiger partial charge < -0.3 is 14.3 Å². The minimum Gasteiger partial charge on any atom is -0.465 e. The van der Waals surface area contributed by atoms with E-state index in [9.17, 15) is 4.79 Å². The molecule has 0 radical (unpaired) electrons. The van der Waals surface area contributed by atoms with Crippen molar-refractivity contribution in [2.75, 3.05) is 6.54 Å². The first-order chi connectivity index (χ1) is 11.7. The highest BCUT2D eigenvalue weighted by Gasteiger charge is 2.33. The number of carbonyl (C=O) groups is 1. The van der Waals surface area contributed by atoms with E-state index in [-0.39, 0.29) is 23.8 Å². The van der Waals surface area contributed by atoms with Crippen LogP contribution in [0, 0.1) is 0 Å². The second kappa shape index (κ2) is 6.39. The fourth-order valence-electron chi connectivity index (χ4n) is 3.13. The Morgan fingerprint density at radius 3 is 2.92 bits per heavy atom. The second-order valence-electron chi connectivity index (χ2n) is 6.55. The number of aryl methyl sites for hydroxylation is 1. The van der Waals surface area contributed by atoms with Gasteiger partial charge in [0.2, 0.25) is 5.89 Å². The summed E-state index contributed by atoms with van der Waals surface area (Å²) in [6, 6.07) is 4.38. The Morgan fingerprint density at radius 1 is 1.33 bits per heavy atom. The Kier molecular flexibility index (Phi) is 4.10. The maximum Gasteiger partial charge on any atom is 0.292 e. The molecule has 1 atom stereocenters. The van der Waals surface area contributed by atoms with Crippen molar-refractivity contribution in [3.63, 3.8) is 0 Å². The lowest BCUT2D eigenvalue weighted by atomic mass is 10.2. The third kappa shape index (κ3) is 3.21. The van der Waals surface area contributed by atoms with Gasteiger partial charge in [-0.25, -0.2) is 0 Å². The Labute approximate surface area is 140 Å². The van der Waals surface area contributed by atoms with Crippen LogP contribution in [0.15, 0.2) is 21.1 Å². The number of hydrogen-bond donors (Lipinski definition) is 1. The van der Waals surface area contributed by atoms with Gasteiger partial charge in [0.15, 0.2) is 0 Å². The molecule has 1 N–H and O–H groups in total. The van der Waals surface area contributed by atoms with Crippen LogP contribution in [0.25, 0.3) is 0 Å². The molecule has 0 aromatic carbocycles. The van der Waals surface area contributed by atoms with Crippen LogP contribution in [0.2, 0.25) is 0 Å². The van der Waals surface area contributed by atoms with Gasteiger partial charge in [0.1, 0.15) is 11.5 Å². The van der Waals surface area contributed by atoms with Crippen molar-refractivity contribution in [3.8, 4) is 0 Å². The van der Waals surface area contributed by atoms with Crippen LogP contribution in [0.4, 0.5) is 0 Å². The van der Waals surface area contributed by atoms with Gasteiger partial charge in [0.05, 0.1) is 12.6 Å². The van der Waals surface area contributed by atoms with E-state index in [0.29, 0.717) is 5.89 Å². The summed E-state index contributed by atoms with van der Waals surface area (Å²) >= 11 is 0. The summed E-state index contributed by atoms with van der Waals surface area (Å²) in [4.78, 5) is 18.6.